The molecule has 18 heavy (non-hydrogen) atoms. The van der Waals surface area contributed by atoms with Gasteiger partial charge in [-0.05, 0) is 24.5 Å². The van der Waals surface area contributed by atoms with Gasteiger partial charge in [0.2, 0.25) is 0 Å². The monoisotopic (exact) mass is 244 g/mol. The first-order valence-electron chi connectivity index (χ1n) is 6.26. The van der Waals surface area contributed by atoms with Crippen molar-refractivity contribution >= 4 is 6.09 Å². The van der Waals surface area contributed by atoms with Crippen molar-refractivity contribution < 1.29 is 9.53 Å². The van der Waals surface area contributed by atoms with Crippen LogP contribution in [0.5, 0.6) is 0 Å². The number of methoxy groups -OCH3 is 1. The van der Waals surface area contributed by atoms with Gasteiger partial charge in [-0.25, -0.2) is 4.79 Å². The second-order valence-electron chi connectivity index (χ2n) is 4.80. The van der Waals surface area contributed by atoms with E-state index < -0.39 is 0 Å². The summed E-state index contributed by atoms with van der Waals surface area (Å²) in [6, 6.07) is 4.17. The summed E-state index contributed by atoms with van der Waals surface area (Å²) in [4.78, 5) is 18.0. The molecule has 1 amide bonds. The van der Waals surface area contributed by atoms with Gasteiger partial charge in [-0.2, -0.15) is 0 Å². The number of carbonyl (C=O) groups excluding carboxylic acids is 1. The summed E-state index contributed by atoms with van der Waals surface area (Å²) in [5.74, 6) is 0.373. The zero-order valence-electron chi connectivity index (χ0n) is 10.3. The SMILES string of the molecule is COC(=O)N1[C@H](c2cccnc2)[C@@H]2C=C[C@H]1CC2. The van der Waals surface area contributed by atoms with Crippen LogP contribution in [0.25, 0.3) is 0 Å². The minimum atomic E-state index is -0.247. The Morgan fingerprint density at radius 2 is 2.33 bits per heavy atom. The second kappa shape index (κ2) is 4.44. The number of pyridine rings is 1. The first kappa shape index (κ1) is 11.3. The van der Waals surface area contributed by atoms with Crippen molar-refractivity contribution in [2.45, 2.75) is 24.9 Å². The predicted molar refractivity (Wildman–Crippen MR) is 66.9 cm³/mol. The maximum atomic E-state index is 12.0. The normalized spacial score (nSPS) is 29.4. The van der Waals surface area contributed by atoms with Crippen LogP contribution in [0.2, 0.25) is 0 Å². The predicted octanol–water partition coefficient (Wildman–Crippen LogP) is 2.54. The molecule has 3 atom stereocenters. The largest absolute Gasteiger partial charge is 0.453 e. The van der Waals surface area contributed by atoms with E-state index in [1.165, 1.54) is 7.11 Å². The lowest BCUT2D eigenvalue weighted by Crippen LogP contribution is -2.50. The molecule has 1 saturated heterocycles. The van der Waals surface area contributed by atoms with Gasteiger partial charge in [0.05, 0.1) is 19.2 Å². The van der Waals surface area contributed by atoms with Gasteiger partial charge in [-0.15, -0.1) is 0 Å². The fourth-order valence-electron chi connectivity index (χ4n) is 3.05. The van der Waals surface area contributed by atoms with Crippen LogP contribution in [0.4, 0.5) is 4.79 Å². The Hall–Kier alpha value is -1.84. The third-order valence-corrected chi connectivity index (χ3v) is 3.85. The van der Waals surface area contributed by atoms with Crippen molar-refractivity contribution in [3.8, 4) is 0 Å². The zero-order chi connectivity index (χ0) is 12.5. The summed E-state index contributed by atoms with van der Waals surface area (Å²) in [7, 11) is 1.44. The average Bonchev–Trinajstić information content (AvgIpc) is 2.47. The fourth-order valence-corrected chi connectivity index (χ4v) is 3.05. The summed E-state index contributed by atoms with van der Waals surface area (Å²) < 4.78 is 4.93. The van der Waals surface area contributed by atoms with E-state index in [2.05, 4.69) is 17.1 Å². The molecule has 2 bridgehead atoms. The molecule has 4 heteroatoms. The van der Waals surface area contributed by atoms with Crippen LogP contribution in [0, 0.1) is 5.92 Å². The third-order valence-electron chi connectivity index (χ3n) is 3.85. The van der Waals surface area contributed by atoms with Gasteiger partial charge in [0.25, 0.3) is 0 Å². The van der Waals surface area contributed by atoms with Crippen molar-refractivity contribution in [1.29, 1.82) is 0 Å². The molecule has 1 aliphatic carbocycles. The summed E-state index contributed by atoms with van der Waals surface area (Å²) in [6.45, 7) is 0. The lowest BCUT2D eigenvalue weighted by Gasteiger charge is -2.47. The molecule has 1 aromatic heterocycles. The van der Waals surface area contributed by atoms with Crippen LogP contribution in [0.1, 0.15) is 24.4 Å². The molecular weight excluding hydrogens is 228 g/mol. The molecule has 3 aliphatic rings. The third kappa shape index (κ3) is 1.68. The summed E-state index contributed by atoms with van der Waals surface area (Å²) in [6.07, 6.45) is 9.84. The van der Waals surface area contributed by atoms with Crippen molar-refractivity contribution in [3.63, 3.8) is 0 Å². The number of hydrogen-bond acceptors (Lipinski definition) is 3. The number of nitrogens with zero attached hydrogens (tertiary/aromatic N) is 2. The van der Waals surface area contributed by atoms with Crippen LogP contribution in [0.15, 0.2) is 36.7 Å². The van der Waals surface area contributed by atoms with Crippen LogP contribution < -0.4 is 0 Å². The maximum absolute atomic E-state index is 12.0. The van der Waals surface area contributed by atoms with Crippen LogP contribution >= 0.6 is 0 Å². The van der Waals surface area contributed by atoms with Gasteiger partial charge in [0.1, 0.15) is 0 Å². The van der Waals surface area contributed by atoms with E-state index in [4.69, 9.17) is 4.74 Å². The van der Waals surface area contributed by atoms with Crippen molar-refractivity contribution in [2.75, 3.05) is 7.11 Å². The molecule has 4 rings (SSSR count). The first-order chi connectivity index (χ1) is 8.81. The van der Waals surface area contributed by atoms with Crippen LogP contribution in [0.3, 0.4) is 0 Å². The molecule has 0 saturated carbocycles. The van der Waals surface area contributed by atoms with E-state index in [-0.39, 0.29) is 18.2 Å². The van der Waals surface area contributed by atoms with Gasteiger partial charge in [0, 0.05) is 18.3 Å². The number of rotatable bonds is 1. The van der Waals surface area contributed by atoms with E-state index in [9.17, 15) is 4.79 Å². The number of ether oxygens (including phenoxy) is 1. The number of piperidine rings is 1. The van der Waals surface area contributed by atoms with E-state index in [1.807, 2.05) is 23.2 Å². The fraction of sp³-hybridized carbons (Fsp3) is 0.429. The highest BCUT2D eigenvalue weighted by atomic mass is 16.5. The zero-order valence-corrected chi connectivity index (χ0v) is 10.3. The van der Waals surface area contributed by atoms with Gasteiger partial charge in [-0.3, -0.25) is 9.88 Å². The van der Waals surface area contributed by atoms with Crippen molar-refractivity contribution in [1.82, 2.24) is 9.88 Å². The van der Waals surface area contributed by atoms with E-state index in [1.54, 1.807) is 6.20 Å². The van der Waals surface area contributed by atoms with Crippen molar-refractivity contribution in [2.24, 2.45) is 5.92 Å². The van der Waals surface area contributed by atoms with E-state index >= 15 is 0 Å². The minimum absolute atomic E-state index is 0.0647. The molecule has 0 N–H and O–H groups in total. The minimum Gasteiger partial charge on any atom is -0.453 e. The van der Waals surface area contributed by atoms with E-state index in [0.717, 1.165) is 18.4 Å². The Balaban J connectivity index is 2.00. The summed E-state index contributed by atoms with van der Waals surface area (Å²) in [5, 5.41) is 0. The Labute approximate surface area is 106 Å². The Morgan fingerprint density at radius 1 is 1.44 bits per heavy atom. The van der Waals surface area contributed by atoms with Gasteiger partial charge in [0.15, 0.2) is 0 Å². The number of hydrogen-bond donors (Lipinski definition) is 0. The summed E-state index contributed by atoms with van der Waals surface area (Å²) >= 11 is 0. The molecule has 0 spiro atoms. The van der Waals surface area contributed by atoms with Crippen molar-refractivity contribution in [3.05, 3.63) is 42.2 Å². The Bertz CT molecular complexity index is 472. The molecule has 0 aromatic carbocycles. The number of fused-ring (bicyclic) bond motifs is 2. The standard InChI is InChI=1S/C14H16N2O2/c1-18-14(17)16-12-6-4-10(5-7-12)13(16)11-3-2-8-15-9-11/h2-4,6,8-10,12-13H,5,7H2,1H3/t10-,12+,13+/m1/s1. The van der Waals surface area contributed by atoms with Crippen LogP contribution in [-0.4, -0.2) is 29.1 Å². The maximum Gasteiger partial charge on any atom is 0.410 e. The molecule has 1 aromatic rings. The lowest BCUT2D eigenvalue weighted by molar-refractivity contribution is 0.0473. The molecule has 0 radical (unpaired) electrons. The number of amides is 1. The van der Waals surface area contributed by atoms with E-state index in [0.29, 0.717) is 5.92 Å². The first-order valence-corrected chi connectivity index (χ1v) is 6.26. The molecule has 2 aliphatic heterocycles. The smallest absolute Gasteiger partial charge is 0.410 e. The topological polar surface area (TPSA) is 42.4 Å². The number of carbonyl (C=O) groups is 1. The molecule has 0 unspecified atom stereocenters. The molecule has 3 heterocycles. The highest BCUT2D eigenvalue weighted by Crippen LogP contribution is 2.43. The quantitative estimate of drug-likeness (QED) is 0.713. The average molecular weight is 244 g/mol. The Kier molecular flexibility index (Phi) is 2.78. The molecule has 4 nitrogen and oxygen atoms in total. The lowest BCUT2D eigenvalue weighted by atomic mass is 9.77. The summed E-state index contributed by atoms with van der Waals surface area (Å²) in [5.41, 5.74) is 1.09. The molecule has 94 valence electrons. The Morgan fingerprint density at radius 3 is 2.94 bits per heavy atom. The van der Waals surface area contributed by atoms with Crippen LogP contribution in [-0.2, 0) is 4.74 Å². The molecular formula is C14H16N2O2. The van der Waals surface area contributed by atoms with Gasteiger partial charge < -0.3 is 4.74 Å². The molecule has 1 fully saturated rings. The highest BCUT2D eigenvalue weighted by molar-refractivity contribution is 5.69. The highest BCUT2D eigenvalue weighted by Gasteiger charge is 2.42. The number of aromatic nitrogens is 1. The van der Waals surface area contributed by atoms with Gasteiger partial charge in [-0.1, -0.05) is 18.2 Å². The second-order valence-corrected chi connectivity index (χ2v) is 4.80. The van der Waals surface area contributed by atoms with Gasteiger partial charge >= 0.3 is 6.09 Å².